The van der Waals surface area contributed by atoms with E-state index in [9.17, 15) is 23.2 Å². The Balaban J connectivity index is 1.63. The molecule has 202 valence electrons. The van der Waals surface area contributed by atoms with Crippen molar-refractivity contribution >= 4 is 40.9 Å². The number of benzene rings is 2. The summed E-state index contributed by atoms with van der Waals surface area (Å²) < 4.78 is 37.7. The number of amides is 3. The molecular weight excluding hydrogens is 522 g/mol. The van der Waals surface area contributed by atoms with E-state index in [0.29, 0.717) is 16.3 Å². The molecule has 0 aliphatic heterocycles. The van der Waals surface area contributed by atoms with Gasteiger partial charge in [-0.15, -0.1) is 0 Å². The summed E-state index contributed by atoms with van der Waals surface area (Å²) in [5.74, 6) is -1.66. The van der Waals surface area contributed by atoms with E-state index >= 15 is 0 Å². The van der Waals surface area contributed by atoms with Crippen molar-refractivity contribution in [2.24, 2.45) is 0 Å². The summed E-state index contributed by atoms with van der Waals surface area (Å²) in [5.41, 5.74) is 1.19. The molecule has 3 aromatic rings. The molecule has 12 heteroatoms. The first-order valence-electron chi connectivity index (χ1n) is 11.8. The smallest absolute Gasteiger partial charge is 0.412 e. The number of alkyl halides is 1. The number of anilines is 2. The molecule has 0 spiro atoms. The number of halogens is 3. The molecular formula is C26H27ClF2N4O5. The molecule has 1 heterocycles. The second kappa shape index (κ2) is 13.5. The maximum absolute atomic E-state index is 15.0. The van der Waals surface area contributed by atoms with Gasteiger partial charge in [-0.1, -0.05) is 35.0 Å². The van der Waals surface area contributed by atoms with E-state index in [2.05, 4.69) is 21.1 Å². The number of aryl methyl sites for hydroxylation is 1. The topological polar surface area (TPSA) is 123 Å². The van der Waals surface area contributed by atoms with Crippen LogP contribution in [0.1, 0.15) is 43.5 Å². The molecule has 0 aliphatic rings. The Hall–Kier alpha value is -3.99. The highest BCUT2D eigenvalue weighted by Crippen LogP contribution is 2.34. The molecule has 0 radical (unpaired) electrons. The maximum atomic E-state index is 15.0. The van der Waals surface area contributed by atoms with Crippen molar-refractivity contribution in [1.29, 1.82) is 0 Å². The van der Waals surface area contributed by atoms with Crippen LogP contribution < -0.4 is 16.0 Å². The minimum Gasteiger partial charge on any atom is -0.441 e. The van der Waals surface area contributed by atoms with Crippen LogP contribution in [0.25, 0.3) is 11.3 Å². The molecule has 3 amide bonds. The summed E-state index contributed by atoms with van der Waals surface area (Å²) in [6.45, 7) is 2.88. The normalized spacial score (nSPS) is 11.5. The summed E-state index contributed by atoms with van der Waals surface area (Å²) >= 11 is 6.16. The average Bonchev–Trinajstić information content (AvgIpc) is 3.22. The summed E-state index contributed by atoms with van der Waals surface area (Å²) in [6, 6.07) is 10.8. The molecule has 1 atom stereocenters. The second-order valence-electron chi connectivity index (χ2n) is 8.30. The first kappa shape index (κ1) is 28.6. The Bertz CT molecular complexity index is 1300. The van der Waals surface area contributed by atoms with Crippen LogP contribution in [-0.2, 0) is 14.3 Å². The van der Waals surface area contributed by atoms with E-state index in [-0.39, 0.29) is 54.4 Å². The summed E-state index contributed by atoms with van der Waals surface area (Å²) in [7, 11) is 0. The Morgan fingerprint density at radius 1 is 1.11 bits per heavy atom. The van der Waals surface area contributed by atoms with Crippen molar-refractivity contribution in [3.05, 3.63) is 64.6 Å². The fraction of sp³-hybridized carbons (Fsp3) is 0.308. The third-order valence-corrected chi connectivity index (χ3v) is 5.77. The molecule has 0 saturated carbocycles. The lowest BCUT2D eigenvalue weighted by molar-refractivity contribution is -0.124. The zero-order valence-electron chi connectivity index (χ0n) is 20.8. The molecule has 1 aromatic heterocycles. The van der Waals surface area contributed by atoms with Gasteiger partial charge >= 0.3 is 6.09 Å². The highest BCUT2D eigenvalue weighted by molar-refractivity contribution is 6.31. The summed E-state index contributed by atoms with van der Waals surface area (Å²) in [5, 5.41) is 11.8. The zero-order chi connectivity index (χ0) is 27.7. The number of hydrogen-bond acceptors (Lipinski definition) is 6. The SMILES string of the molecule is Cc1noc(-c2ccc(NC(=O)CCC(=O)NCCCF)cc2F)c1NC(=O)O[C@H](C)c1ccccc1Cl. The van der Waals surface area contributed by atoms with Crippen LogP contribution >= 0.6 is 11.6 Å². The van der Waals surface area contributed by atoms with Gasteiger partial charge in [-0.3, -0.25) is 19.3 Å². The molecule has 9 nitrogen and oxygen atoms in total. The fourth-order valence-electron chi connectivity index (χ4n) is 3.47. The largest absolute Gasteiger partial charge is 0.441 e. The van der Waals surface area contributed by atoms with E-state index in [1.54, 1.807) is 38.1 Å². The Labute approximate surface area is 222 Å². The van der Waals surface area contributed by atoms with Gasteiger partial charge in [0.2, 0.25) is 11.8 Å². The first-order valence-corrected chi connectivity index (χ1v) is 12.2. The number of nitrogens with one attached hydrogen (secondary N) is 3. The van der Waals surface area contributed by atoms with E-state index in [1.807, 2.05) is 0 Å². The number of hydrogen-bond donors (Lipinski definition) is 3. The zero-order valence-corrected chi connectivity index (χ0v) is 21.5. The van der Waals surface area contributed by atoms with Crippen LogP contribution in [0.15, 0.2) is 47.0 Å². The minimum absolute atomic E-state index is 0.00899. The van der Waals surface area contributed by atoms with Crippen LogP contribution in [0.4, 0.5) is 25.0 Å². The van der Waals surface area contributed by atoms with Crippen molar-refractivity contribution in [3.63, 3.8) is 0 Å². The maximum Gasteiger partial charge on any atom is 0.412 e. The van der Waals surface area contributed by atoms with Crippen molar-refractivity contribution in [2.45, 2.75) is 39.2 Å². The van der Waals surface area contributed by atoms with E-state index in [4.69, 9.17) is 20.9 Å². The van der Waals surface area contributed by atoms with Gasteiger partial charge in [0.1, 0.15) is 23.3 Å². The highest BCUT2D eigenvalue weighted by Gasteiger charge is 2.23. The first-order chi connectivity index (χ1) is 18.2. The van der Waals surface area contributed by atoms with Crippen molar-refractivity contribution in [3.8, 4) is 11.3 Å². The highest BCUT2D eigenvalue weighted by atomic mass is 35.5. The quantitative estimate of drug-likeness (QED) is 0.255. The number of ether oxygens (including phenoxy) is 1. The average molecular weight is 549 g/mol. The van der Waals surface area contributed by atoms with Crippen molar-refractivity contribution < 1.29 is 32.4 Å². The van der Waals surface area contributed by atoms with Crippen LogP contribution in [0.5, 0.6) is 0 Å². The Morgan fingerprint density at radius 2 is 1.84 bits per heavy atom. The van der Waals surface area contributed by atoms with Crippen molar-refractivity contribution in [2.75, 3.05) is 23.9 Å². The molecule has 3 rings (SSSR count). The van der Waals surface area contributed by atoms with Gasteiger partial charge in [0.25, 0.3) is 0 Å². The number of rotatable bonds is 11. The van der Waals surface area contributed by atoms with Crippen LogP contribution in [0.3, 0.4) is 0 Å². The van der Waals surface area contributed by atoms with Crippen LogP contribution in [0.2, 0.25) is 5.02 Å². The standard InChI is InChI=1S/C26H27ClF2N4O5/c1-15-24(32-26(36)37-16(2)18-6-3-4-7-20(18)27)25(38-33-15)19-9-8-17(14-21(19)29)31-23(35)11-10-22(34)30-13-5-12-28/h3-4,6-9,14,16H,5,10-13H2,1-2H3,(H,30,34)(H,31,35)(H,32,36)/t16-/m1/s1. The van der Waals surface area contributed by atoms with E-state index in [1.165, 1.54) is 12.1 Å². The predicted octanol–water partition coefficient (Wildman–Crippen LogP) is 5.95. The lowest BCUT2D eigenvalue weighted by Gasteiger charge is -2.15. The van der Waals surface area contributed by atoms with Gasteiger partial charge in [-0.25, -0.2) is 9.18 Å². The number of carbonyl (C=O) groups excluding carboxylic acids is 3. The molecule has 0 bridgehead atoms. The third kappa shape index (κ3) is 7.75. The Morgan fingerprint density at radius 3 is 2.55 bits per heavy atom. The third-order valence-electron chi connectivity index (χ3n) is 5.43. The molecule has 38 heavy (non-hydrogen) atoms. The molecule has 0 saturated heterocycles. The van der Waals surface area contributed by atoms with Gasteiger partial charge in [0, 0.05) is 35.7 Å². The molecule has 3 N–H and O–H groups in total. The van der Waals surface area contributed by atoms with E-state index < -0.39 is 30.6 Å². The predicted molar refractivity (Wildman–Crippen MR) is 138 cm³/mol. The number of carbonyl (C=O) groups is 3. The summed E-state index contributed by atoms with van der Waals surface area (Å²) in [4.78, 5) is 36.3. The van der Waals surface area contributed by atoms with Gasteiger partial charge < -0.3 is 19.9 Å². The van der Waals surface area contributed by atoms with E-state index in [0.717, 1.165) is 6.07 Å². The Kier molecular flexibility index (Phi) is 10.2. The molecule has 0 fully saturated rings. The number of nitrogens with zero attached hydrogens (tertiary/aromatic N) is 1. The molecule has 0 unspecified atom stereocenters. The monoisotopic (exact) mass is 548 g/mol. The number of aromatic nitrogens is 1. The molecule has 0 aliphatic carbocycles. The summed E-state index contributed by atoms with van der Waals surface area (Å²) in [6.07, 6.45) is -1.49. The van der Waals surface area contributed by atoms with Gasteiger partial charge in [0.15, 0.2) is 5.76 Å². The lowest BCUT2D eigenvalue weighted by Crippen LogP contribution is -2.26. The van der Waals surface area contributed by atoms with Gasteiger partial charge in [-0.05, 0) is 44.5 Å². The second-order valence-corrected chi connectivity index (χ2v) is 8.71. The van der Waals surface area contributed by atoms with Gasteiger partial charge in [0.05, 0.1) is 12.2 Å². The molecule has 2 aromatic carbocycles. The van der Waals surface area contributed by atoms with Crippen molar-refractivity contribution in [1.82, 2.24) is 10.5 Å². The minimum atomic E-state index is -0.817. The fourth-order valence-corrected chi connectivity index (χ4v) is 3.76. The van der Waals surface area contributed by atoms with Crippen LogP contribution in [0, 0.1) is 12.7 Å². The van der Waals surface area contributed by atoms with Crippen LogP contribution in [-0.4, -0.2) is 36.3 Å². The lowest BCUT2D eigenvalue weighted by atomic mass is 10.1. The van der Waals surface area contributed by atoms with Gasteiger partial charge in [-0.2, -0.15) is 0 Å².